The van der Waals surface area contributed by atoms with E-state index >= 15 is 0 Å². The first-order valence-electron chi connectivity index (χ1n) is 10.7. The fourth-order valence-corrected chi connectivity index (χ4v) is 4.56. The number of rotatable bonds is 6. The number of aromatic nitrogens is 1. The third-order valence-electron chi connectivity index (χ3n) is 6.15. The van der Waals surface area contributed by atoms with Crippen molar-refractivity contribution in [1.29, 1.82) is 0 Å². The average molecular weight is 410 g/mol. The lowest BCUT2D eigenvalue weighted by molar-refractivity contribution is 0.113. The van der Waals surface area contributed by atoms with Gasteiger partial charge in [-0.3, -0.25) is 4.90 Å². The van der Waals surface area contributed by atoms with E-state index in [9.17, 15) is 0 Å². The second-order valence-corrected chi connectivity index (χ2v) is 7.78. The molecule has 1 fully saturated rings. The molecule has 0 radical (unpaired) electrons. The topological polar surface area (TPSA) is 19.4 Å². The van der Waals surface area contributed by atoms with E-state index in [4.69, 9.17) is 4.98 Å². The van der Waals surface area contributed by atoms with Crippen molar-refractivity contribution in [2.24, 2.45) is 0 Å². The number of para-hydroxylation sites is 1. The van der Waals surface area contributed by atoms with Crippen molar-refractivity contribution in [1.82, 2.24) is 14.8 Å². The van der Waals surface area contributed by atoms with Crippen molar-refractivity contribution in [3.8, 4) is 11.3 Å². The van der Waals surface area contributed by atoms with E-state index in [0.717, 1.165) is 36.9 Å². The minimum atomic E-state index is 0. The van der Waals surface area contributed by atoms with Gasteiger partial charge in [0.05, 0.1) is 11.2 Å². The van der Waals surface area contributed by atoms with Crippen LogP contribution in [0, 0.1) is 0 Å². The predicted molar refractivity (Wildman–Crippen MR) is 126 cm³/mol. The second-order valence-electron chi connectivity index (χ2n) is 7.78. The smallest absolute Gasteiger partial charge is 0.0712 e. The Balaban J connectivity index is 0.00000240. The van der Waals surface area contributed by atoms with Gasteiger partial charge >= 0.3 is 0 Å². The lowest BCUT2D eigenvalue weighted by Crippen LogP contribution is -2.44. The molecule has 0 N–H and O–H groups in total. The van der Waals surface area contributed by atoms with Gasteiger partial charge in [-0.15, -0.1) is 12.4 Å². The summed E-state index contributed by atoms with van der Waals surface area (Å²) in [6.45, 7) is 10.3. The molecule has 2 aromatic carbocycles. The molecule has 0 amide bonds. The van der Waals surface area contributed by atoms with Gasteiger partial charge in [0.15, 0.2) is 0 Å². The first-order chi connectivity index (χ1) is 13.8. The van der Waals surface area contributed by atoms with Crippen LogP contribution in [0.5, 0.6) is 0 Å². The molecule has 4 heteroatoms. The third kappa shape index (κ3) is 4.98. The molecule has 1 aliphatic rings. The molecule has 0 unspecified atom stereocenters. The van der Waals surface area contributed by atoms with Gasteiger partial charge in [-0.25, -0.2) is 4.98 Å². The Morgan fingerprint density at radius 3 is 2.28 bits per heavy atom. The van der Waals surface area contributed by atoms with Crippen LogP contribution in [-0.2, 0) is 6.54 Å². The highest BCUT2D eigenvalue weighted by molar-refractivity contribution is 5.85. The number of nitrogens with zero attached hydrogens (tertiary/aromatic N) is 3. The zero-order chi connectivity index (χ0) is 19.3. The maximum absolute atomic E-state index is 4.93. The Bertz CT molecular complexity index is 900. The molecular weight excluding hydrogens is 378 g/mol. The van der Waals surface area contributed by atoms with Gasteiger partial charge in [-0.05, 0) is 56.7 Å². The molecule has 3 aromatic rings. The summed E-state index contributed by atoms with van der Waals surface area (Å²) in [5, 5.41) is 1.29. The van der Waals surface area contributed by atoms with Crippen LogP contribution < -0.4 is 0 Å². The van der Waals surface area contributed by atoms with Gasteiger partial charge in [0.1, 0.15) is 0 Å². The monoisotopic (exact) mass is 409 g/mol. The molecular formula is C25H32ClN3. The molecule has 0 bridgehead atoms. The summed E-state index contributed by atoms with van der Waals surface area (Å²) < 4.78 is 0. The van der Waals surface area contributed by atoms with Gasteiger partial charge in [-0.2, -0.15) is 0 Å². The van der Waals surface area contributed by atoms with E-state index < -0.39 is 0 Å². The van der Waals surface area contributed by atoms with Crippen LogP contribution in [0.3, 0.4) is 0 Å². The van der Waals surface area contributed by atoms with E-state index in [1.807, 2.05) is 0 Å². The number of benzene rings is 2. The molecule has 0 saturated carbocycles. The van der Waals surface area contributed by atoms with E-state index in [0.29, 0.717) is 0 Å². The first kappa shape index (κ1) is 21.8. The molecule has 154 valence electrons. The van der Waals surface area contributed by atoms with Crippen molar-refractivity contribution in [2.75, 3.05) is 26.2 Å². The van der Waals surface area contributed by atoms with E-state index in [1.54, 1.807) is 0 Å². The number of fused-ring (bicyclic) bond motifs is 1. The van der Waals surface area contributed by atoms with Crippen molar-refractivity contribution in [3.05, 3.63) is 66.2 Å². The zero-order valence-electron chi connectivity index (χ0n) is 17.6. The van der Waals surface area contributed by atoms with Gasteiger partial charge in [0.25, 0.3) is 0 Å². The van der Waals surface area contributed by atoms with E-state index in [1.165, 1.54) is 42.4 Å². The predicted octanol–water partition coefficient (Wildman–Crippen LogP) is 5.63. The van der Waals surface area contributed by atoms with E-state index in [-0.39, 0.29) is 12.4 Å². The van der Waals surface area contributed by atoms with Crippen LogP contribution in [0.15, 0.2) is 60.7 Å². The number of halogens is 1. The van der Waals surface area contributed by atoms with Crippen LogP contribution in [0.4, 0.5) is 0 Å². The number of likely N-dealkylation sites (tertiary alicyclic amines) is 1. The Hall–Kier alpha value is -1.94. The lowest BCUT2D eigenvalue weighted by Gasteiger charge is -2.37. The van der Waals surface area contributed by atoms with Crippen molar-refractivity contribution in [3.63, 3.8) is 0 Å². The summed E-state index contributed by atoms with van der Waals surface area (Å²) in [4.78, 5) is 10.2. The van der Waals surface area contributed by atoms with Crippen LogP contribution >= 0.6 is 12.4 Å². The van der Waals surface area contributed by atoms with E-state index in [2.05, 4.69) is 84.3 Å². The Morgan fingerprint density at radius 2 is 1.59 bits per heavy atom. The van der Waals surface area contributed by atoms with Crippen molar-refractivity contribution in [2.45, 2.75) is 39.3 Å². The number of pyridine rings is 1. The standard InChI is InChI=1S/C25H31N3.ClH/c1-3-28(4-2)22-14-16-27(17-15-22)19-21-18-25(20-10-6-5-7-11-20)26-24-13-9-8-12-23(21)24;/h5-13,18,22H,3-4,14-17,19H2,1-2H3;1H. The Labute approximate surface area is 181 Å². The first-order valence-corrected chi connectivity index (χ1v) is 10.7. The molecule has 1 aliphatic heterocycles. The molecule has 0 spiro atoms. The average Bonchev–Trinajstić information content (AvgIpc) is 2.76. The number of hydrogen-bond donors (Lipinski definition) is 0. The van der Waals surface area contributed by atoms with Gasteiger partial charge in [0, 0.05) is 23.5 Å². The SMILES string of the molecule is CCN(CC)C1CCN(Cc2cc(-c3ccccc3)nc3ccccc23)CC1.Cl. The molecule has 0 aliphatic carbocycles. The summed E-state index contributed by atoms with van der Waals surface area (Å²) in [6.07, 6.45) is 2.55. The highest BCUT2D eigenvalue weighted by Gasteiger charge is 2.23. The van der Waals surface area contributed by atoms with Gasteiger partial charge < -0.3 is 4.90 Å². The quantitative estimate of drug-likeness (QED) is 0.526. The number of hydrogen-bond acceptors (Lipinski definition) is 3. The Kier molecular flexibility index (Phi) is 7.65. The van der Waals surface area contributed by atoms with Gasteiger partial charge in [-0.1, -0.05) is 62.4 Å². The van der Waals surface area contributed by atoms with Crippen LogP contribution in [0.2, 0.25) is 0 Å². The Morgan fingerprint density at radius 1 is 0.931 bits per heavy atom. The zero-order valence-corrected chi connectivity index (χ0v) is 18.4. The third-order valence-corrected chi connectivity index (χ3v) is 6.15. The van der Waals surface area contributed by atoms with Gasteiger partial charge in [0.2, 0.25) is 0 Å². The molecule has 4 rings (SSSR count). The molecule has 29 heavy (non-hydrogen) atoms. The maximum atomic E-state index is 4.93. The molecule has 1 saturated heterocycles. The lowest BCUT2D eigenvalue weighted by atomic mass is 10.0. The summed E-state index contributed by atoms with van der Waals surface area (Å²) in [6, 6.07) is 22.2. The summed E-state index contributed by atoms with van der Waals surface area (Å²) in [5.74, 6) is 0. The summed E-state index contributed by atoms with van der Waals surface area (Å²) in [7, 11) is 0. The van der Waals surface area contributed by atoms with Crippen LogP contribution in [0.25, 0.3) is 22.2 Å². The minimum Gasteiger partial charge on any atom is -0.301 e. The van der Waals surface area contributed by atoms with Crippen molar-refractivity contribution < 1.29 is 0 Å². The largest absolute Gasteiger partial charge is 0.301 e. The summed E-state index contributed by atoms with van der Waals surface area (Å²) in [5.41, 5.74) is 4.75. The number of piperidine rings is 1. The van der Waals surface area contributed by atoms with Crippen molar-refractivity contribution >= 4 is 23.3 Å². The molecule has 2 heterocycles. The fraction of sp³-hybridized carbons (Fsp3) is 0.400. The molecule has 3 nitrogen and oxygen atoms in total. The fourth-order valence-electron chi connectivity index (χ4n) is 4.56. The molecule has 0 atom stereocenters. The normalized spacial score (nSPS) is 15.6. The molecule has 1 aromatic heterocycles. The minimum absolute atomic E-state index is 0. The highest BCUT2D eigenvalue weighted by atomic mass is 35.5. The highest BCUT2D eigenvalue weighted by Crippen LogP contribution is 2.27. The van der Waals surface area contributed by atoms with Crippen LogP contribution in [0.1, 0.15) is 32.3 Å². The van der Waals surface area contributed by atoms with Crippen LogP contribution in [-0.4, -0.2) is 47.0 Å². The summed E-state index contributed by atoms with van der Waals surface area (Å²) >= 11 is 0. The second kappa shape index (κ2) is 10.2. The maximum Gasteiger partial charge on any atom is 0.0712 e.